The summed E-state index contributed by atoms with van der Waals surface area (Å²) >= 11 is 0. The first-order valence-electron chi connectivity index (χ1n) is 8.46. The maximum atomic E-state index is 12.1. The lowest BCUT2D eigenvalue weighted by atomic mass is 10.2. The quantitative estimate of drug-likeness (QED) is 0.557. The maximum absolute atomic E-state index is 12.1. The summed E-state index contributed by atoms with van der Waals surface area (Å²) in [5, 5.41) is 6.45. The minimum absolute atomic E-state index is 0.273. The number of guanidine groups is 1. The number of para-hydroxylation sites is 1. The minimum Gasteiger partial charge on any atom is -0.496 e. The van der Waals surface area contributed by atoms with Gasteiger partial charge in [-0.05, 0) is 23.8 Å². The van der Waals surface area contributed by atoms with Gasteiger partial charge in [-0.3, -0.25) is 4.99 Å². The number of sulfonamides is 1. The van der Waals surface area contributed by atoms with Crippen LogP contribution in [0, 0.1) is 0 Å². The molecule has 27 heavy (non-hydrogen) atoms. The van der Waals surface area contributed by atoms with Crippen molar-refractivity contribution in [2.24, 2.45) is 4.99 Å². The van der Waals surface area contributed by atoms with Gasteiger partial charge in [0.05, 0.1) is 12.0 Å². The zero-order valence-electron chi connectivity index (χ0n) is 16.1. The molecule has 0 aliphatic rings. The Labute approximate surface area is 161 Å². The molecule has 2 aromatic rings. The average molecular weight is 391 g/mol. The van der Waals surface area contributed by atoms with Gasteiger partial charge in [-0.25, -0.2) is 12.7 Å². The van der Waals surface area contributed by atoms with Crippen molar-refractivity contribution in [3.8, 4) is 5.75 Å². The smallest absolute Gasteiger partial charge is 0.242 e. The van der Waals surface area contributed by atoms with Gasteiger partial charge in [0, 0.05) is 39.8 Å². The highest BCUT2D eigenvalue weighted by molar-refractivity contribution is 7.89. The molecular weight excluding hydrogens is 364 g/mol. The summed E-state index contributed by atoms with van der Waals surface area (Å²) < 4.78 is 30.7. The molecule has 8 heteroatoms. The number of ether oxygens (including phenoxy) is 1. The van der Waals surface area contributed by atoms with Gasteiger partial charge in [-0.15, -0.1) is 0 Å². The van der Waals surface area contributed by atoms with Gasteiger partial charge in [0.1, 0.15) is 5.75 Å². The van der Waals surface area contributed by atoms with Crippen LogP contribution >= 0.6 is 0 Å². The number of hydrogen-bond acceptors (Lipinski definition) is 4. The molecule has 0 atom stereocenters. The molecule has 2 N–H and O–H groups in total. The Kier molecular flexibility index (Phi) is 7.20. The predicted molar refractivity (Wildman–Crippen MR) is 107 cm³/mol. The fourth-order valence-electron chi connectivity index (χ4n) is 2.42. The van der Waals surface area contributed by atoms with Crippen molar-refractivity contribution in [2.45, 2.75) is 18.0 Å². The van der Waals surface area contributed by atoms with Crippen LogP contribution in [0.5, 0.6) is 5.75 Å². The third-order valence-corrected chi connectivity index (χ3v) is 5.85. The summed E-state index contributed by atoms with van der Waals surface area (Å²) in [6.07, 6.45) is 0. The van der Waals surface area contributed by atoms with Crippen LogP contribution in [-0.2, 0) is 23.1 Å². The van der Waals surface area contributed by atoms with E-state index in [1.54, 1.807) is 38.4 Å². The molecule has 0 unspecified atom stereocenters. The van der Waals surface area contributed by atoms with E-state index in [2.05, 4.69) is 15.6 Å². The molecule has 0 radical (unpaired) electrons. The molecule has 0 amide bonds. The van der Waals surface area contributed by atoms with E-state index in [1.807, 2.05) is 24.3 Å². The molecule has 146 valence electrons. The van der Waals surface area contributed by atoms with Crippen molar-refractivity contribution in [1.82, 2.24) is 14.9 Å². The van der Waals surface area contributed by atoms with Gasteiger partial charge >= 0.3 is 0 Å². The van der Waals surface area contributed by atoms with Crippen LogP contribution in [0.1, 0.15) is 11.1 Å². The summed E-state index contributed by atoms with van der Waals surface area (Å²) in [7, 11) is 2.97. The monoisotopic (exact) mass is 390 g/mol. The maximum Gasteiger partial charge on any atom is 0.242 e. The van der Waals surface area contributed by atoms with Crippen molar-refractivity contribution >= 4 is 16.0 Å². The Morgan fingerprint density at radius 3 is 2.26 bits per heavy atom. The van der Waals surface area contributed by atoms with Crippen LogP contribution < -0.4 is 15.4 Å². The first-order chi connectivity index (χ1) is 12.9. The zero-order valence-corrected chi connectivity index (χ0v) is 16.9. The highest BCUT2D eigenvalue weighted by Crippen LogP contribution is 2.16. The van der Waals surface area contributed by atoms with Crippen LogP contribution in [0.15, 0.2) is 58.4 Å². The van der Waals surface area contributed by atoms with Crippen LogP contribution in [0.3, 0.4) is 0 Å². The topological polar surface area (TPSA) is 83.0 Å². The van der Waals surface area contributed by atoms with E-state index < -0.39 is 10.0 Å². The average Bonchev–Trinajstić information content (AvgIpc) is 2.68. The fraction of sp³-hybridized carbons (Fsp3) is 0.316. The highest BCUT2D eigenvalue weighted by atomic mass is 32.2. The number of nitrogens with zero attached hydrogens (tertiary/aromatic N) is 2. The third kappa shape index (κ3) is 5.45. The first-order valence-corrected chi connectivity index (χ1v) is 9.90. The summed E-state index contributed by atoms with van der Waals surface area (Å²) in [5.41, 5.74) is 1.98. The van der Waals surface area contributed by atoms with Crippen LogP contribution in [0.4, 0.5) is 0 Å². The lowest BCUT2D eigenvalue weighted by Gasteiger charge is -2.14. The summed E-state index contributed by atoms with van der Waals surface area (Å²) in [4.78, 5) is 4.48. The number of methoxy groups -OCH3 is 1. The Balaban J connectivity index is 1.94. The van der Waals surface area contributed by atoms with E-state index in [9.17, 15) is 8.42 Å². The fourth-order valence-corrected chi connectivity index (χ4v) is 3.33. The van der Waals surface area contributed by atoms with Gasteiger partial charge in [0.2, 0.25) is 10.0 Å². The number of rotatable bonds is 7. The van der Waals surface area contributed by atoms with Gasteiger partial charge in [-0.1, -0.05) is 30.3 Å². The third-order valence-electron chi connectivity index (χ3n) is 4.02. The summed E-state index contributed by atoms with van der Waals surface area (Å²) in [5.74, 6) is 1.46. The molecule has 0 aromatic heterocycles. The van der Waals surface area contributed by atoms with Crippen molar-refractivity contribution in [1.29, 1.82) is 0 Å². The Morgan fingerprint density at radius 2 is 1.67 bits per heavy atom. The SMILES string of the molecule is CN=C(NCc1ccc(S(=O)(=O)N(C)C)cc1)NCc1ccccc1OC. The Hall–Kier alpha value is -2.58. The Morgan fingerprint density at radius 1 is 1.04 bits per heavy atom. The molecule has 0 fully saturated rings. The molecule has 2 aromatic carbocycles. The molecule has 0 bridgehead atoms. The second-order valence-electron chi connectivity index (χ2n) is 6.02. The lowest BCUT2D eigenvalue weighted by Crippen LogP contribution is -2.36. The van der Waals surface area contributed by atoms with E-state index in [-0.39, 0.29) is 4.90 Å². The summed E-state index contributed by atoms with van der Waals surface area (Å²) in [6.45, 7) is 1.09. The Bertz CT molecular complexity index is 878. The van der Waals surface area contributed by atoms with E-state index in [4.69, 9.17) is 4.74 Å². The van der Waals surface area contributed by atoms with Gasteiger partial charge < -0.3 is 15.4 Å². The van der Waals surface area contributed by atoms with E-state index >= 15 is 0 Å². The van der Waals surface area contributed by atoms with Gasteiger partial charge in [-0.2, -0.15) is 0 Å². The molecular formula is C19H26N4O3S. The van der Waals surface area contributed by atoms with E-state index in [1.165, 1.54) is 18.4 Å². The number of benzene rings is 2. The number of hydrogen-bond donors (Lipinski definition) is 2. The molecule has 0 aliphatic heterocycles. The van der Waals surface area contributed by atoms with Gasteiger partial charge in [0.15, 0.2) is 5.96 Å². The molecule has 0 saturated heterocycles. The van der Waals surface area contributed by atoms with E-state index in [0.29, 0.717) is 19.0 Å². The van der Waals surface area contributed by atoms with E-state index in [0.717, 1.165) is 16.9 Å². The predicted octanol–water partition coefficient (Wildman–Crippen LogP) is 1.81. The van der Waals surface area contributed by atoms with Crippen LogP contribution in [-0.4, -0.2) is 46.9 Å². The van der Waals surface area contributed by atoms with Gasteiger partial charge in [0.25, 0.3) is 0 Å². The molecule has 0 spiro atoms. The van der Waals surface area contributed by atoms with Crippen molar-refractivity contribution in [2.75, 3.05) is 28.3 Å². The van der Waals surface area contributed by atoms with Crippen LogP contribution in [0.25, 0.3) is 0 Å². The number of aliphatic imine (C=N–C) groups is 1. The summed E-state index contributed by atoms with van der Waals surface area (Å²) in [6, 6.07) is 14.6. The van der Waals surface area contributed by atoms with Crippen molar-refractivity contribution < 1.29 is 13.2 Å². The highest BCUT2D eigenvalue weighted by Gasteiger charge is 2.16. The minimum atomic E-state index is -3.41. The molecule has 7 nitrogen and oxygen atoms in total. The lowest BCUT2D eigenvalue weighted by molar-refractivity contribution is 0.409. The second kappa shape index (κ2) is 9.38. The zero-order chi connectivity index (χ0) is 19.9. The normalized spacial score (nSPS) is 12.1. The molecule has 0 saturated carbocycles. The molecule has 2 rings (SSSR count). The molecule has 0 aliphatic carbocycles. The standard InChI is InChI=1S/C19H26N4O3S/c1-20-19(22-14-16-7-5-6-8-18(16)26-4)21-13-15-9-11-17(12-10-15)27(24,25)23(2)3/h5-12H,13-14H2,1-4H3,(H2,20,21,22). The van der Waals surface area contributed by atoms with Crippen molar-refractivity contribution in [3.05, 3.63) is 59.7 Å². The first kappa shape index (κ1) is 20.7. The van der Waals surface area contributed by atoms with Crippen molar-refractivity contribution in [3.63, 3.8) is 0 Å². The van der Waals surface area contributed by atoms with Crippen LogP contribution in [0.2, 0.25) is 0 Å². The second-order valence-corrected chi connectivity index (χ2v) is 8.17. The largest absolute Gasteiger partial charge is 0.496 e. The number of nitrogens with one attached hydrogen (secondary N) is 2. The molecule has 0 heterocycles.